The van der Waals surface area contributed by atoms with Gasteiger partial charge in [-0.2, -0.15) is 4.98 Å². The summed E-state index contributed by atoms with van der Waals surface area (Å²) >= 11 is 15.5. The third-order valence-corrected chi connectivity index (χ3v) is 20.0. The number of H-pyrrole nitrogens is 3. The molecule has 5 aliphatic heterocycles. The molecule has 0 aliphatic carbocycles. The van der Waals surface area contributed by atoms with Gasteiger partial charge in [0.05, 0.1) is 56.9 Å². The summed E-state index contributed by atoms with van der Waals surface area (Å²) in [6.45, 7) is -8.22. The number of anilines is 2. The van der Waals surface area contributed by atoms with Crippen LogP contribution in [0.3, 0.4) is 0 Å². The van der Waals surface area contributed by atoms with Gasteiger partial charge in [-0.05, 0) is 50.8 Å². The molecule has 5 aliphatic rings. The van der Waals surface area contributed by atoms with Crippen molar-refractivity contribution in [2.75, 3.05) is 38.4 Å². The van der Waals surface area contributed by atoms with Gasteiger partial charge in [0.15, 0.2) is 28.9 Å². The van der Waals surface area contributed by atoms with Crippen LogP contribution in [0.15, 0.2) is 55.3 Å². The van der Waals surface area contributed by atoms with Crippen LogP contribution in [0.4, 0.5) is 11.8 Å². The topological polar surface area (TPSA) is 437 Å². The highest BCUT2D eigenvalue weighted by molar-refractivity contribution is 8.44. The first kappa shape index (κ1) is 61.8. The van der Waals surface area contributed by atoms with E-state index in [1.54, 1.807) is 6.92 Å². The predicted molar refractivity (Wildman–Crippen MR) is 305 cm³/mol. The minimum Gasteiger partial charge on any atom is -0.382 e. The molecule has 0 amide bonds. The monoisotopic (exact) mass is 1300 g/mol. The summed E-state index contributed by atoms with van der Waals surface area (Å²) in [6, 6.07) is 0. The van der Waals surface area contributed by atoms with Crippen LogP contribution in [0.25, 0.3) is 22.3 Å². The first-order valence-corrected chi connectivity index (χ1v) is 34.2. The number of nitrogens with two attached hydrogens (primary N) is 2. The molecule has 11 heterocycles. The largest absolute Gasteiger partial charge is 0.386 e. The number of hydrogen-bond donors (Lipinski definition) is 8. The Morgan fingerprint density at radius 3 is 1.93 bits per heavy atom. The highest BCUT2D eigenvalue weighted by atomic mass is 32.7. The van der Waals surface area contributed by atoms with E-state index < -0.39 is 154 Å². The van der Waals surface area contributed by atoms with Crippen molar-refractivity contribution in [1.82, 2.24) is 58.1 Å². The summed E-state index contributed by atoms with van der Waals surface area (Å²) in [5.74, 6) is -0.0527. The number of imidazole rings is 2. The predicted octanol–water partition coefficient (Wildman–Crippen LogP) is 1.25. The third kappa shape index (κ3) is 12.4. The highest BCUT2D eigenvalue weighted by Gasteiger charge is 2.67. The molecule has 11 rings (SSSR count). The van der Waals surface area contributed by atoms with Gasteiger partial charge >= 0.3 is 31.6 Å². The fraction of sp³-hybridized carbons (Fsp3) is 0.600. The molecular formula is C45H59N14O20P3S3. The standard InChI is InChI=1S/C45H59N14O20P3S3/c1-6-7-22-23(8-30(73-22)59-18-51-32-37(59)52-42(47)53-40(32)62)77-80(65,83)69-13-26-24(9-28(74-26)56-11-19(2)38(60)54-43(56)63)78-81(66,84)70-14-27-25(10-29(75-27)58-17-50-31-35(46)48-16-49-36(31)58)79-82(67,85)71-15-45-21(4)72-33(34(45)68-5)41(76-45)57-12-20(3)39(61)55-44(57)64/h11-12,16-18,21-30,33-34,41H,6-10,13-15H2,1-5H3,(H,65,83)(H,66,84)(H,67,85)(H2,46,48,49)(H,54,60,63)(H,55,61,64)(H3,47,52,53,62)/t21-,22+,23+,24+,25+,26+,27+,28+,29+,30+,33?,34+,41+,45-,80?,81?,82?/m0/s1. The Morgan fingerprint density at radius 2 is 1.28 bits per heavy atom. The number of aromatic nitrogens is 12. The van der Waals surface area contributed by atoms with Crippen molar-refractivity contribution in [3.63, 3.8) is 0 Å². The van der Waals surface area contributed by atoms with Crippen LogP contribution >= 0.6 is 32.5 Å². The van der Waals surface area contributed by atoms with E-state index in [0.29, 0.717) is 12.8 Å². The van der Waals surface area contributed by atoms with Gasteiger partial charge in [0.1, 0.15) is 66.6 Å². The lowest BCUT2D eigenvalue weighted by atomic mass is 9.94. The van der Waals surface area contributed by atoms with Crippen LogP contribution in [0.1, 0.15) is 82.0 Å². The van der Waals surface area contributed by atoms with Crippen molar-refractivity contribution in [3.05, 3.63) is 94.5 Å². The second-order valence-corrected chi connectivity index (χ2v) is 29.2. The summed E-state index contributed by atoms with van der Waals surface area (Å²) in [5.41, 5.74) is 8.20. The smallest absolute Gasteiger partial charge is 0.382 e. The molecular weight excluding hydrogens is 1250 g/mol. The maximum absolute atomic E-state index is 14.5. The van der Waals surface area contributed by atoms with Crippen molar-refractivity contribution in [3.8, 4) is 0 Å². The van der Waals surface area contributed by atoms with Crippen LogP contribution in [-0.2, 0) is 83.7 Å². The van der Waals surface area contributed by atoms with Crippen LogP contribution in [0, 0.1) is 13.8 Å². The Bertz CT molecular complexity index is 4000. The third-order valence-electron chi connectivity index (χ3n) is 15.2. The summed E-state index contributed by atoms with van der Waals surface area (Å²) in [5, 5.41) is 0. The maximum atomic E-state index is 14.5. The molecule has 0 aromatic carbocycles. The Morgan fingerprint density at radius 1 is 0.729 bits per heavy atom. The number of fused-ring (bicyclic) bond motifs is 4. The van der Waals surface area contributed by atoms with Crippen LogP contribution in [0.2, 0.25) is 0 Å². The first-order valence-electron chi connectivity index (χ1n) is 26.4. The molecule has 0 saturated carbocycles. The average Bonchev–Trinajstić information content (AvgIpc) is 1.59. The van der Waals surface area contributed by atoms with E-state index in [-0.39, 0.29) is 64.5 Å². The maximum Gasteiger partial charge on any atom is 0.386 e. The molecule has 4 unspecified atom stereocenters. The minimum atomic E-state index is -4.58. The summed E-state index contributed by atoms with van der Waals surface area (Å²) in [7, 11) is 1.41. The Labute approximate surface area is 494 Å². The quantitative estimate of drug-likeness (QED) is 0.0350. The second-order valence-electron chi connectivity index (χ2n) is 20.8. The number of thiol groups is 1. The van der Waals surface area contributed by atoms with Gasteiger partial charge in [-0.15, -0.1) is 0 Å². The van der Waals surface area contributed by atoms with E-state index in [9.17, 15) is 38.3 Å². The zero-order valence-corrected chi connectivity index (χ0v) is 50.8. The Kier molecular flexibility index (Phi) is 17.4. The molecule has 0 radical (unpaired) electrons. The molecule has 9 N–H and O–H groups in total. The van der Waals surface area contributed by atoms with E-state index in [1.165, 1.54) is 66.0 Å². The fourth-order valence-corrected chi connectivity index (χ4v) is 15.6. The second kappa shape index (κ2) is 23.9. The molecule has 462 valence electrons. The van der Waals surface area contributed by atoms with Gasteiger partial charge in [0.2, 0.25) is 5.95 Å². The first-order chi connectivity index (χ1) is 40.3. The summed E-state index contributed by atoms with van der Waals surface area (Å²) < 4.78 is 93.6. The molecule has 40 heteroatoms. The average molecular weight is 1310 g/mol. The van der Waals surface area contributed by atoms with Gasteiger partial charge in [0, 0.05) is 49.9 Å². The van der Waals surface area contributed by atoms with E-state index in [4.69, 9.17) is 90.6 Å². The molecule has 0 spiro atoms. The van der Waals surface area contributed by atoms with Crippen LogP contribution < -0.4 is 39.5 Å². The van der Waals surface area contributed by atoms with E-state index in [0.717, 1.165) is 4.57 Å². The Balaban J connectivity index is 0.800. The SMILES string of the molecule is CCC[C@H]1O[C@@H](n2cnc3c(=O)[nH]c(N)nc32)C[C@H]1OP(O)(=S)OC[C@H]1O[C@@H](n2cc(C)c(=O)[nH]c2=O)C[C@H]1OP(=O)(S)OC[C@H]1O[C@@H](n2cnc3c(N)ncnc32)C[C@H]1OP(O)(=S)OC[C@]12O[C@@H](n3cc(C)c(=O)[nH]c3=O)C(O[C@H]1C)[C@H]2OC. The van der Waals surface area contributed by atoms with Gasteiger partial charge in [-0.25, -0.2) is 34.1 Å². The van der Waals surface area contributed by atoms with Crippen molar-refractivity contribution in [1.29, 1.82) is 0 Å². The number of nitrogens with one attached hydrogen (secondary N) is 3. The number of nitrogen functional groups attached to an aromatic ring is 2. The van der Waals surface area contributed by atoms with Crippen molar-refractivity contribution >= 4 is 90.2 Å². The zero-order valence-electron chi connectivity index (χ0n) is 45.6. The molecule has 5 saturated heterocycles. The van der Waals surface area contributed by atoms with Gasteiger partial charge in [-0.1, -0.05) is 25.6 Å². The number of aryl methyl sites for hydroxylation is 2. The zero-order chi connectivity index (χ0) is 60.7. The number of ether oxygens (including phenoxy) is 6. The lowest BCUT2D eigenvalue weighted by Gasteiger charge is -2.37. The molecule has 17 atom stereocenters. The lowest BCUT2D eigenvalue weighted by molar-refractivity contribution is -0.217. The van der Waals surface area contributed by atoms with Gasteiger partial charge < -0.3 is 67.8 Å². The molecule has 85 heavy (non-hydrogen) atoms. The lowest BCUT2D eigenvalue weighted by Crippen LogP contribution is -2.51. The number of nitrogens with zero attached hydrogens (tertiary/aromatic N) is 9. The van der Waals surface area contributed by atoms with Crippen LogP contribution in [0.5, 0.6) is 0 Å². The van der Waals surface area contributed by atoms with Gasteiger partial charge in [-0.3, -0.25) is 56.7 Å². The molecule has 5 fully saturated rings. The number of hydrogen-bond acceptors (Lipinski definition) is 27. The van der Waals surface area contributed by atoms with Crippen molar-refractivity contribution in [2.45, 2.75) is 145 Å². The molecule has 2 bridgehead atoms. The van der Waals surface area contributed by atoms with Crippen LogP contribution in [-0.4, -0.2) is 155 Å². The van der Waals surface area contributed by atoms with E-state index in [2.05, 4.69) is 52.1 Å². The fourth-order valence-electron chi connectivity index (χ4n) is 11.1. The summed E-state index contributed by atoms with van der Waals surface area (Å²) in [6.07, 6.45) is -5.42. The Hall–Kier alpha value is -4.82. The summed E-state index contributed by atoms with van der Waals surface area (Å²) in [4.78, 5) is 115. The van der Waals surface area contributed by atoms with Crippen molar-refractivity contribution < 1.29 is 69.9 Å². The number of aromatic amines is 3. The normalized spacial score (nSPS) is 31.5. The van der Waals surface area contributed by atoms with Crippen molar-refractivity contribution in [2.24, 2.45) is 0 Å². The molecule has 34 nitrogen and oxygen atoms in total. The number of rotatable bonds is 22. The minimum absolute atomic E-state index is 0.0304. The molecule has 6 aromatic heterocycles. The van der Waals surface area contributed by atoms with E-state index in [1.807, 2.05) is 6.92 Å². The van der Waals surface area contributed by atoms with E-state index >= 15 is 0 Å². The van der Waals surface area contributed by atoms with Gasteiger partial charge in [0.25, 0.3) is 16.7 Å². The molecule has 6 aromatic rings. The number of methoxy groups -OCH3 is 1. The highest BCUT2D eigenvalue weighted by Crippen LogP contribution is 2.59.